The molecule has 0 unspecified atom stereocenters. The van der Waals surface area contributed by atoms with Crippen molar-refractivity contribution in [2.45, 2.75) is 71.0 Å². The van der Waals surface area contributed by atoms with Gasteiger partial charge in [-0.15, -0.1) is 0 Å². The first-order valence-corrected chi connectivity index (χ1v) is 8.49. The van der Waals surface area contributed by atoms with Crippen LogP contribution in [-0.2, 0) is 22.1 Å². The molecule has 0 saturated carbocycles. The number of rotatable bonds is 3. The maximum absolute atomic E-state index is 12.8. The molecule has 5 nitrogen and oxygen atoms in total. The van der Waals surface area contributed by atoms with Crippen LogP contribution in [0.2, 0.25) is 0 Å². The number of aryl methyl sites for hydroxylation is 1. The van der Waals surface area contributed by atoms with Gasteiger partial charge in [0.05, 0.1) is 12.6 Å². The van der Waals surface area contributed by atoms with Crippen LogP contribution in [0.4, 0.5) is 18.0 Å². The van der Waals surface area contributed by atoms with Crippen LogP contribution in [0.3, 0.4) is 0 Å². The first-order valence-electron chi connectivity index (χ1n) is 8.49. The Hall–Kier alpha value is -1.83. The highest BCUT2D eigenvalue weighted by Gasteiger charge is 2.45. The van der Waals surface area contributed by atoms with Gasteiger partial charge in [-0.05, 0) is 59.6 Å². The third-order valence-electron chi connectivity index (χ3n) is 4.00. The molecule has 1 amide bonds. The smallest absolute Gasteiger partial charge is 0.433 e. The molecule has 0 aliphatic carbocycles. The molecule has 0 spiro atoms. The zero-order valence-electron chi connectivity index (χ0n) is 15.7. The predicted molar refractivity (Wildman–Crippen MR) is 89.5 cm³/mol. The number of carbonyl (C=O) groups is 1. The molecule has 1 fully saturated rings. The summed E-state index contributed by atoms with van der Waals surface area (Å²) < 4.78 is 49.5. The molecule has 1 aromatic heterocycles. The summed E-state index contributed by atoms with van der Waals surface area (Å²) in [4.78, 5) is 17.7. The quantitative estimate of drug-likeness (QED) is 0.787. The fourth-order valence-electron chi connectivity index (χ4n) is 2.87. The third kappa shape index (κ3) is 5.09. The average Bonchev–Trinajstić information content (AvgIpc) is 2.77. The van der Waals surface area contributed by atoms with E-state index in [0.717, 1.165) is 6.07 Å². The Kier molecular flexibility index (Phi) is 5.56. The lowest BCUT2D eigenvalue weighted by atomic mass is 10.1. The van der Waals surface area contributed by atoms with Gasteiger partial charge in [0.2, 0.25) is 0 Å². The van der Waals surface area contributed by atoms with Crippen LogP contribution in [-0.4, -0.2) is 40.0 Å². The van der Waals surface area contributed by atoms with Gasteiger partial charge in [-0.25, -0.2) is 9.78 Å². The van der Waals surface area contributed by atoms with Gasteiger partial charge < -0.3 is 9.47 Å². The Labute approximate surface area is 151 Å². The third-order valence-corrected chi connectivity index (χ3v) is 4.00. The number of alkyl halides is 3. The topological polar surface area (TPSA) is 51.7 Å². The van der Waals surface area contributed by atoms with E-state index >= 15 is 0 Å². The van der Waals surface area contributed by atoms with Crippen LogP contribution in [0.25, 0.3) is 0 Å². The van der Waals surface area contributed by atoms with Crippen molar-refractivity contribution < 1.29 is 27.4 Å². The molecule has 0 bridgehead atoms. The maximum Gasteiger partial charge on any atom is 0.433 e. The number of hydrogen-bond acceptors (Lipinski definition) is 4. The van der Waals surface area contributed by atoms with Crippen molar-refractivity contribution in [2.75, 3.05) is 6.61 Å². The molecule has 1 aromatic rings. The van der Waals surface area contributed by atoms with E-state index in [4.69, 9.17) is 9.47 Å². The van der Waals surface area contributed by atoms with Crippen molar-refractivity contribution in [2.24, 2.45) is 0 Å². The molecule has 1 aliphatic heterocycles. The summed E-state index contributed by atoms with van der Waals surface area (Å²) in [5, 5.41) is 0. The second-order valence-electron chi connectivity index (χ2n) is 7.81. The standard InChI is InChI=1S/C18H25F3N2O3/c1-16(2,3)26-15(24)23-13(11-25-17(23,4)5)10-9-12-7-6-8-14(22-12)18(19,20)21/h6-8,13H,9-11H2,1-5H3/t13-/m0/s1. The first kappa shape index (κ1) is 20.5. The number of carbonyl (C=O) groups excluding carboxylic acids is 1. The number of pyridine rings is 1. The summed E-state index contributed by atoms with van der Waals surface area (Å²) in [5.74, 6) is 0. The van der Waals surface area contributed by atoms with Crippen LogP contribution in [0, 0.1) is 0 Å². The zero-order chi connectivity index (χ0) is 19.8. The normalized spacial score (nSPS) is 20.3. The molecule has 0 N–H and O–H groups in total. The van der Waals surface area contributed by atoms with Crippen LogP contribution in [0.15, 0.2) is 18.2 Å². The molecule has 26 heavy (non-hydrogen) atoms. The fourth-order valence-corrected chi connectivity index (χ4v) is 2.87. The highest BCUT2D eigenvalue weighted by atomic mass is 19.4. The number of hydrogen-bond donors (Lipinski definition) is 0. The highest BCUT2D eigenvalue weighted by molar-refractivity contribution is 5.69. The summed E-state index contributed by atoms with van der Waals surface area (Å²) in [7, 11) is 0. The zero-order valence-corrected chi connectivity index (χ0v) is 15.7. The Morgan fingerprint density at radius 1 is 1.35 bits per heavy atom. The Morgan fingerprint density at radius 3 is 2.58 bits per heavy atom. The number of ether oxygens (including phenoxy) is 2. The van der Waals surface area contributed by atoms with Crippen molar-refractivity contribution in [1.29, 1.82) is 0 Å². The number of nitrogens with zero attached hydrogens (tertiary/aromatic N) is 2. The number of amides is 1. The van der Waals surface area contributed by atoms with Crippen molar-refractivity contribution >= 4 is 6.09 Å². The van der Waals surface area contributed by atoms with Gasteiger partial charge in [0.15, 0.2) is 0 Å². The Bertz CT molecular complexity index is 654. The van der Waals surface area contributed by atoms with Crippen molar-refractivity contribution in [3.8, 4) is 0 Å². The average molecular weight is 374 g/mol. The van der Waals surface area contributed by atoms with E-state index in [1.54, 1.807) is 40.7 Å². The van der Waals surface area contributed by atoms with Crippen molar-refractivity contribution in [1.82, 2.24) is 9.88 Å². The van der Waals surface area contributed by atoms with Crippen molar-refractivity contribution in [3.63, 3.8) is 0 Å². The van der Waals surface area contributed by atoms with E-state index in [-0.39, 0.29) is 6.04 Å². The molecule has 8 heteroatoms. The first-order chi connectivity index (χ1) is 11.8. The number of halogens is 3. The summed E-state index contributed by atoms with van der Waals surface area (Å²) >= 11 is 0. The summed E-state index contributed by atoms with van der Waals surface area (Å²) in [6, 6.07) is 3.54. The lowest BCUT2D eigenvalue weighted by Gasteiger charge is -2.35. The molecule has 1 atom stereocenters. The second kappa shape index (κ2) is 7.06. The maximum atomic E-state index is 12.8. The lowest BCUT2D eigenvalue weighted by molar-refractivity contribution is -0.141. The summed E-state index contributed by atoms with van der Waals surface area (Å²) in [5.41, 5.74) is -2.08. The van der Waals surface area contributed by atoms with Gasteiger partial charge in [0, 0.05) is 5.69 Å². The molecule has 2 heterocycles. The van der Waals surface area contributed by atoms with E-state index < -0.39 is 29.3 Å². The van der Waals surface area contributed by atoms with Gasteiger partial charge in [-0.1, -0.05) is 6.07 Å². The van der Waals surface area contributed by atoms with E-state index in [1.807, 2.05) is 0 Å². The van der Waals surface area contributed by atoms with Gasteiger partial charge in [0.25, 0.3) is 0 Å². The summed E-state index contributed by atoms with van der Waals surface area (Å²) in [6.45, 7) is 9.15. The minimum absolute atomic E-state index is 0.295. The van der Waals surface area contributed by atoms with Gasteiger partial charge >= 0.3 is 12.3 Å². The van der Waals surface area contributed by atoms with Crippen LogP contribution in [0.1, 0.15) is 52.4 Å². The molecule has 2 rings (SSSR count). The predicted octanol–water partition coefficient (Wildman–Crippen LogP) is 4.41. The van der Waals surface area contributed by atoms with Gasteiger partial charge in [-0.3, -0.25) is 4.90 Å². The molecular weight excluding hydrogens is 349 g/mol. The fraction of sp³-hybridized carbons (Fsp3) is 0.667. The monoisotopic (exact) mass is 374 g/mol. The second-order valence-corrected chi connectivity index (χ2v) is 7.81. The SMILES string of the molecule is CC(C)(C)OC(=O)N1[C@@H](CCc2cccc(C(F)(F)F)n2)COC1(C)C. The minimum Gasteiger partial charge on any atom is -0.444 e. The van der Waals surface area contributed by atoms with Crippen LogP contribution < -0.4 is 0 Å². The van der Waals surface area contributed by atoms with E-state index in [2.05, 4.69) is 4.98 Å². The van der Waals surface area contributed by atoms with Crippen LogP contribution in [0.5, 0.6) is 0 Å². The van der Waals surface area contributed by atoms with Gasteiger partial charge in [-0.2, -0.15) is 13.2 Å². The van der Waals surface area contributed by atoms with E-state index in [0.29, 0.717) is 25.1 Å². The highest BCUT2D eigenvalue weighted by Crippen LogP contribution is 2.32. The van der Waals surface area contributed by atoms with Crippen molar-refractivity contribution in [3.05, 3.63) is 29.6 Å². The lowest BCUT2D eigenvalue weighted by Crippen LogP contribution is -2.49. The summed E-state index contributed by atoms with van der Waals surface area (Å²) in [6.07, 6.45) is -4.25. The molecule has 1 aliphatic rings. The molecule has 146 valence electrons. The Morgan fingerprint density at radius 2 is 2.00 bits per heavy atom. The largest absolute Gasteiger partial charge is 0.444 e. The Balaban J connectivity index is 2.09. The van der Waals surface area contributed by atoms with Crippen LogP contribution >= 0.6 is 0 Å². The van der Waals surface area contributed by atoms with E-state index in [1.165, 1.54) is 11.0 Å². The molecule has 0 aromatic carbocycles. The molecule has 0 radical (unpaired) electrons. The van der Waals surface area contributed by atoms with Gasteiger partial charge in [0.1, 0.15) is 17.0 Å². The number of aromatic nitrogens is 1. The molecule has 1 saturated heterocycles. The minimum atomic E-state index is -4.48. The van der Waals surface area contributed by atoms with E-state index in [9.17, 15) is 18.0 Å². The molecular formula is C18H25F3N2O3.